The average molecular weight is 363 g/mol. The van der Waals surface area contributed by atoms with Gasteiger partial charge in [0.05, 0.1) is 6.54 Å². The highest BCUT2D eigenvalue weighted by molar-refractivity contribution is 5.96. The number of urea groups is 1. The Hall–Kier alpha value is -2.61. The van der Waals surface area contributed by atoms with Crippen LogP contribution in [-0.2, 0) is 4.79 Å². The molecule has 1 aromatic carbocycles. The third kappa shape index (κ3) is 4.95. The van der Waals surface area contributed by atoms with E-state index in [9.17, 15) is 19.5 Å². The molecule has 0 bridgehead atoms. The summed E-state index contributed by atoms with van der Waals surface area (Å²) in [6.07, 6.45) is 3.15. The quantitative estimate of drug-likeness (QED) is 0.634. The van der Waals surface area contributed by atoms with Crippen LogP contribution in [0, 0.1) is 0 Å². The third-order valence-corrected chi connectivity index (χ3v) is 4.51. The van der Waals surface area contributed by atoms with Crippen LogP contribution in [0.1, 0.15) is 43.5 Å². The maximum absolute atomic E-state index is 12.6. The lowest BCUT2D eigenvalue weighted by atomic mass is 10.0. The van der Waals surface area contributed by atoms with Crippen LogP contribution in [0.25, 0.3) is 0 Å². The fourth-order valence-corrected chi connectivity index (χ4v) is 2.77. The van der Waals surface area contributed by atoms with E-state index < -0.39 is 24.1 Å². The molecule has 1 heterocycles. The van der Waals surface area contributed by atoms with Crippen LogP contribution in [-0.4, -0.2) is 57.8 Å². The van der Waals surface area contributed by atoms with E-state index in [2.05, 4.69) is 10.6 Å². The second-order valence-corrected chi connectivity index (χ2v) is 6.81. The number of nitrogens with zero attached hydrogens (tertiary/aromatic N) is 1. The number of anilines is 1. The van der Waals surface area contributed by atoms with E-state index >= 15 is 0 Å². The summed E-state index contributed by atoms with van der Waals surface area (Å²) in [6.45, 7) is 3.46. The molecule has 8 nitrogen and oxygen atoms in total. The first kappa shape index (κ1) is 19.7. The zero-order valence-electron chi connectivity index (χ0n) is 15.0. The van der Waals surface area contributed by atoms with Crippen molar-refractivity contribution in [3.8, 4) is 0 Å². The number of benzene rings is 1. The van der Waals surface area contributed by atoms with E-state index in [0.717, 1.165) is 32.7 Å². The zero-order valence-corrected chi connectivity index (χ0v) is 15.0. The molecule has 0 saturated carbocycles. The van der Waals surface area contributed by atoms with Gasteiger partial charge < -0.3 is 25.7 Å². The van der Waals surface area contributed by atoms with Crippen molar-refractivity contribution in [1.82, 2.24) is 10.2 Å². The molecule has 1 saturated heterocycles. The van der Waals surface area contributed by atoms with Gasteiger partial charge in [-0.2, -0.15) is 0 Å². The Morgan fingerprint density at radius 1 is 1.23 bits per heavy atom. The first-order chi connectivity index (χ1) is 12.2. The molecule has 2 atom stereocenters. The number of piperidine rings is 1. The number of aliphatic carboxylic acids is 1. The van der Waals surface area contributed by atoms with Gasteiger partial charge in [-0.3, -0.25) is 4.79 Å². The zero-order chi connectivity index (χ0) is 19.3. The maximum Gasteiger partial charge on any atom is 0.337 e. The Balaban J connectivity index is 1.91. The normalized spacial score (nSPS) is 19.3. The molecule has 0 aliphatic carbocycles. The number of carbonyl (C=O) groups excluding carboxylic acids is 2. The highest BCUT2D eigenvalue weighted by Crippen LogP contribution is 2.20. The van der Waals surface area contributed by atoms with Crippen LogP contribution in [0.3, 0.4) is 0 Å². The van der Waals surface area contributed by atoms with Gasteiger partial charge in [0.25, 0.3) is 5.91 Å². The summed E-state index contributed by atoms with van der Waals surface area (Å²) in [6, 6.07) is 6.09. The van der Waals surface area contributed by atoms with Gasteiger partial charge in [-0.25, -0.2) is 9.59 Å². The lowest BCUT2D eigenvalue weighted by Gasteiger charge is -2.33. The minimum absolute atomic E-state index is 0.0225. The highest BCUT2D eigenvalue weighted by atomic mass is 16.4. The van der Waals surface area contributed by atoms with E-state index in [1.807, 2.05) is 11.8 Å². The molecule has 1 aliphatic heterocycles. The summed E-state index contributed by atoms with van der Waals surface area (Å²) < 4.78 is 0. The molecule has 1 aromatic rings. The molecule has 1 aliphatic rings. The monoisotopic (exact) mass is 363 g/mol. The number of aliphatic hydroxyl groups is 1. The van der Waals surface area contributed by atoms with E-state index in [4.69, 9.17) is 5.11 Å². The minimum atomic E-state index is -2.04. The van der Waals surface area contributed by atoms with Gasteiger partial charge in [0.2, 0.25) is 0 Å². The third-order valence-electron chi connectivity index (χ3n) is 4.51. The van der Waals surface area contributed by atoms with Crippen LogP contribution in [0.5, 0.6) is 0 Å². The van der Waals surface area contributed by atoms with Gasteiger partial charge in [0.1, 0.15) is 0 Å². The summed E-state index contributed by atoms with van der Waals surface area (Å²) in [7, 11) is 0. The van der Waals surface area contributed by atoms with Crippen molar-refractivity contribution in [3.63, 3.8) is 0 Å². The van der Waals surface area contributed by atoms with Crippen molar-refractivity contribution >= 4 is 23.6 Å². The summed E-state index contributed by atoms with van der Waals surface area (Å²) in [4.78, 5) is 37.0. The highest BCUT2D eigenvalue weighted by Gasteiger charge is 2.30. The van der Waals surface area contributed by atoms with Crippen molar-refractivity contribution in [2.24, 2.45) is 0 Å². The Labute approximate surface area is 152 Å². The number of amides is 3. The number of likely N-dealkylation sites (tertiary alicyclic amines) is 1. The molecule has 142 valence electrons. The summed E-state index contributed by atoms with van der Waals surface area (Å²) in [5.41, 5.74) is -1.03. The first-order valence-electron chi connectivity index (χ1n) is 8.62. The van der Waals surface area contributed by atoms with Gasteiger partial charge in [-0.15, -0.1) is 0 Å². The summed E-state index contributed by atoms with van der Waals surface area (Å²) in [5, 5.41) is 23.2. The predicted octanol–water partition coefficient (Wildman–Crippen LogP) is 1.66. The second-order valence-electron chi connectivity index (χ2n) is 6.81. The molecule has 4 N–H and O–H groups in total. The van der Waals surface area contributed by atoms with E-state index in [0.29, 0.717) is 11.3 Å². The van der Waals surface area contributed by atoms with Gasteiger partial charge in [-0.05, 0) is 57.4 Å². The molecule has 0 aromatic heterocycles. The summed E-state index contributed by atoms with van der Waals surface area (Å²) in [5.74, 6) is -1.45. The Morgan fingerprint density at radius 2 is 1.88 bits per heavy atom. The number of carboxylic acids is 1. The number of carbonyl (C=O) groups is 3. The SMILES string of the molecule is CC1CCCCN1C(=O)c1ccc(NC(=O)NCC(C)(O)C(=O)O)cc1. The van der Waals surface area contributed by atoms with Crippen LogP contribution < -0.4 is 10.6 Å². The first-order valence-corrected chi connectivity index (χ1v) is 8.62. The van der Waals surface area contributed by atoms with Crippen molar-refractivity contribution in [2.45, 2.75) is 44.8 Å². The number of nitrogens with one attached hydrogen (secondary N) is 2. The number of rotatable bonds is 5. The summed E-state index contributed by atoms with van der Waals surface area (Å²) >= 11 is 0. The van der Waals surface area contributed by atoms with Gasteiger partial charge >= 0.3 is 12.0 Å². The molecule has 8 heteroatoms. The Kier molecular flexibility index (Phi) is 6.20. The van der Waals surface area contributed by atoms with Crippen molar-refractivity contribution < 1.29 is 24.6 Å². The van der Waals surface area contributed by atoms with Crippen LogP contribution in [0.4, 0.5) is 10.5 Å². The molecular weight excluding hydrogens is 338 g/mol. The number of hydrogen-bond acceptors (Lipinski definition) is 4. The molecule has 26 heavy (non-hydrogen) atoms. The van der Waals surface area contributed by atoms with Gasteiger partial charge in [-0.1, -0.05) is 0 Å². The molecule has 2 unspecified atom stereocenters. The largest absolute Gasteiger partial charge is 0.479 e. The molecule has 2 rings (SSSR count). The Morgan fingerprint density at radius 3 is 2.46 bits per heavy atom. The molecule has 1 fully saturated rings. The van der Waals surface area contributed by atoms with Crippen molar-refractivity contribution in [3.05, 3.63) is 29.8 Å². The minimum Gasteiger partial charge on any atom is -0.479 e. The molecule has 0 radical (unpaired) electrons. The second kappa shape index (κ2) is 8.18. The lowest BCUT2D eigenvalue weighted by Crippen LogP contribution is -2.47. The van der Waals surface area contributed by atoms with E-state index in [1.54, 1.807) is 24.3 Å². The van der Waals surface area contributed by atoms with Crippen LogP contribution >= 0.6 is 0 Å². The maximum atomic E-state index is 12.6. The Bertz CT molecular complexity index is 672. The topological polar surface area (TPSA) is 119 Å². The standard InChI is InChI=1S/C18H25N3O5/c1-12-5-3-4-10-21(12)15(22)13-6-8-14(9-7-13)20-17(25)19-11-18(2,26)16(23)24/h6-9,12,26H,3-5,10-11H2,1-2H3,(H,23,24)(H2,19,20,25). The fourth-order valence-electron chi connectivity index (χ4n) is 2.77. The average Bonchev–Trinajstić information content (AvgIpc) is 2.60. The fraction of sp³-hybridized carbons (Fsp3) is 0.500. The molecule has 0 spiro atoms. The molecule has 3 amide bonds. The van der Waals surface area contributed by atoms with Crippen LogP contribution in [0.15, 0.2) is 24.3 Å². The van der Waals surface area contributed by atoms with Gasteiger partial charge in [0, 0.05) is 23.8 Å². The smallest absolute Gasteiger partial charge is 0.337 e. The van der Waals surface area contributed by atoms with E-state index in [1.165, 1.54) is 0 Å². The van der Waals surface area contributed by atoms with Gasteiger partial charge in [0.15, 0.2) is 5.60 Å². The van der Waals surface area contributed by atoms with E-state index in [-0.39, 0.29) is 11.9 Å². The number of hydrogen-bond donors (Lipinski definition) is 4. The molecular formula is C18H25N3O5. The lowest BCUT2D eigenvalue weighted by molar-refractivity contribution is -0.155. The predicted molar refractivity (Wildman–Crippen MR) is 96.1 cm³/mol. The van der Waals surface area contributed by atoms with Crippen molar-refractivity contribution in [1.29, 1.82) is 0 Å². The number of carboxylic acid groups (broad SMARTS) is 1. The van der Waals surface area contributed by atoms with Crippen LogP contribution in [0.2, 0.25) is 0 Å². The van der Waals surface area contributed by atoms with Crippen molar-refractivity contribution in [2.75, 3.05) is 18.4 Å².